The number of hydrogen-bond acceptors (Lipinski definition) is 2. The van der Waals surface area contributed by atoms with E-state index in [-0.39, 0.29) is 6.23 Å². The zero-order valence-electron chi connectivity index (χ0n) is 7.81. The predicted molar refractivity (Wildman–Crippen MR) is 48.4 cm³/mol. The summed E-state index contributed by atoms with van der Waals surface area (Å²) in [4.78, 5) is 0. The molecule has 1 atom stereocenters. The van der Waals surface area contributed by atoms with E-state index in [1.54, 1.807) is 0 Å². The summed E-state index contributed by atoms with van der Waals surface area (Å²) in [5.41, 5.74) is 5.68. The molecule has 68 valence electrons. The van der Waals surface area contributed by atoms with Crippen molar-refractivity contribution in [1.29, 1.82) is 0 Å². The molecule has 0 amide bonds. The highest BCUT2D eigenvalue weighted by Gasteiger charge is 1.99. The lowest BCUT2D eigenvalue weighted by atomic mass is 10.2. The summed E-state index contributed by atoms with van der Waals surface area (Å²) in [5.74, 6) is 0. The monoisotopic (exact) mass is 159 g/mol. The third-order valence-corrected chi connectivity index (χ3v) is 1.63. The fourth-order valence-electron chi connectivity index (χ4n) is 0.948. The van der Waals surface area contributed by atoms with E-state index in [0.717, 1.165) is 19.4 Å². The van der Waals surface area contributed by atoms with Crippen molar-refractivity contribution in [2.75, 3.05) is 6.61 Å². The van der Waals surface area contributed by atoms with Gasteiger partial charge in [0.15, 0.2) is 0 Å². The van der Waals surface area contributed by atoms with Crippen LogP contribution in [0.2, 0.25) is 0 Å². The predicted octanol–water partition coefficient (Wildman–Crippen LogP) is 2.28. The van der Waals surface area contributed by atoms with Crippen molar-refractivity contribution in [3.63, 3.8) is 0 Å². The molecule has 2 N–H and O–H groups in total. The van der Waals surface area contributed by atoms with Gasteiger partial charge in [-0.15, -0.1) is 0 Å². The lowest BCUT2D eigenvalue weighted by Gasteiger charge is -2.11. The number of rotatable bonds is 7. The molecular formula is C9H21NO. The molecule has 1 unspecified atom stereocenters. The lowest BCUT2D eigenvalue weighted by Crippen LogP contribution is -2.23. The topological polar surface area (TPSA) is 35.2 Å². The number of hydrogen-bond donors (Lipinski definition) is 1. The van der Waals surface area contributed by atoms with Crippen molar-refractivity contribution in [3.05, 3.63) is 0 Å². The largest absolute Gasteiger partial charge is 0.364 e. The molecule has 0 radical (unpaired) electrons. The van der Waals surface area contributed by atoms with Crippen LogP contribution in [-0.2, 0) is 4.74 Å². The molecular weight excluding hydrogens is 138 g/mol. The zero-order valence-corrected chi connectivity index (χ0v) is 7.81. The molecule has 2 heteroatoms. The molecule has 0 rings (SSSR count). The van der Waals surface area contributed by atoms with Gasteiger partial charge in [0.25, 0.3) is 0 Å². The van der Waals surface area contributed by atoms with E-state index in [1.807, 2.05) is 0 Å². The molecule has 0 aliphatic carbocycles. The highest BCUT2D eigenvalue weighted by atomic mass is 16.5. The van der Waals surface area contributed by atoms with E-state index in [0.29, 0.717) is 0 Å². The summed E-state index contributed by atoms with van der Waals surface area (Å²) in [6.07, 6.45) is 5.75. The number of unbranched alkanes of at least 4 members (excludes halogenated alkanes) is 2. The van der Waals surface area contributed by atoms with Crippen molar-refractivity contribution in [1.82, 2.24) is 0 Å². The molecule has 0 bridgehead atoms. The van der Waals surface area contributed by atoms with Crippen LogP contribution in [-0.4, -0.2) is 12.8 Å². The summed E-state index contributed by atoms with van der Waals surface area (Å²) in [7, 11) is 0. The Hall–Kier alpha value is -0.0800. The normalized spacial score (nSPS) is 13.4. The Labute approximate surface area is 70.1 Å². The molecule has 0 aromatic heterocycles. The highest BCUT2D eigenvalue weighted by molar-refractivity contribution is 4.48. The smallest absolute Gasteiger partial charge is 0.105 e. The first-order chi connectivity index (χ1) is 5.31. The Bertz CT molecular complexity index is 76.0. The van der Waals surface area contributed by atoms with E-state index in [1.165, 1.54) is 19.3 Å². The van der Waals surface area contributed by atoms with Crippen LogP contribution in [0.1, 0.15) is 46.0 Å². The molecule has 0 aliphatic heterocycles. The highest BCUT2D eigenvalue weighted by Crippen LogP contribution is 2.02. The van der Waals surface area contributed by atoms with Gasteiger partial charge in [0, 0.05) is 6.61 Å². The minimum atomic E-state index is -0.0264. The fraction of sp³-hybridized carbons (Fsp3) is 1.00. The molecule has 0 heterocycles. The van der Waals surface area contributed by atoms with Crippen molar-refractivity contribution in [2.45, 2.75) is 52.2 Å². The van der Waals surface area contributed by atoms with Crippen LogP contribution in [0.3, 0.4) is 0 Å². The second kappa shape index (κ2) is 8.02. The Balaban J connectivity index is 3.02. The Morgan fingerprint density at radius 3 is 2.45 bits per heavy atom. The molecule has 0 spiro atoms. The van der Waals surface area contributed by atoms with Crippen molar-refractivity contribution in [3.8, 4) is 0 Å². The molecule has 11 heavy (non-hydrogen) atoms. The number of ether oxygens (including phenoxy) is 1. The van der Waals surface area contributed by atoms with E-state index >= 15 is 0 Å². The minimum Gasteiger partial charge on any atom is -0.364 e. The molecule has 0 saturated heterocycles. The van der Waals surface area contributed by atoms with Gasteiger partial charge in [0.05, 0.1) is 0 Å². The van der Waals surface area contributed by atoms with E-state index < -0.39 is 0 Å². The molecule has 2 nitrogen and oxygen atoms in total. The average Bonchev–Trinajstić information content (AvgIpc) is 2.01. The maximum Gasteiger partial charge on any atom is 0.105 e. The van der Waals surface area contributed by atoms with E-state index in [2.05, 4.69) is 13.8 Å². The lowest BCUT2D eigenvalue weighted by molar-refractivity contribution is 0.0507. The number of nitrogens with two attached hydrogens (primary N) is 1. The second-order valence-electron chi connectivity index (χ2n) is 2.91. The third kappa shape index (κ3) is 7.82. The third-order valence-electron chi connectivity index (χ3n) is 1.63. The maximum absolute atomic E-state index is 5.68. The minimum absolute atomic E-state index is 0.0264. The average molecular weight is 159 g/mol. The molecule has 0 aliphatic rings. The standard InChI is InChI=1S/C9H21NO/c1-3-5-6-7-9(10)11-8-4-2/h9H,3-8,10H2,1-2H3. The van der Waals surface area contributed by atoms with Crippen LogP contribution in [0.4, 0.5) is 0 Å². The van der Waals surface area contributed by atoms with Gasteiger partial charge in [-0.2, -0.15) is 0 Å². The molecule has 0 saturated carbocycles. The van der Waals surface area contributed by atoms with Gasteiger partial charge in [-0.05, 0) is 19.3 Å². The fourth-order valence-corrected chi connectivity index (χ4v) is 0.948. The van der Waals surface area contributed by atoms with Gasteiger partial charge >= 0.3 is 0 Å². The zero-order chi connectivity index (χ0) is 8.53. The van der Waals surface area contributed by atoms with Crippen LogP contribution in [0, 0.1) is 0 Å². The van der Waals surface area contributed by atoms with E-state index in [4.69, 9.17) is 10.5 Å². The van der Waals surface area contributed by atoms with Crippen molar-refractivity contribution in [2.24, 2.45) is 5.73 Å². The summed E-state index contributed by atoms with van der Waals surface area (Å²) in [5, 5.41) is 0. The van der Waals surface area contributed by atoms with E-state index in [9.17, 15) is 0 Å². The van der Waals surface area contributed by atoms with Crippen LogP contribution in [0.25, 0.3) is 0 Å². The van der Waals surface area contributed by atoms with Crippen LogP contribution >= 0.6 is 0 Å². The van der Waals surface area contributed by atoms with Crippen molar-refractivity contribution >= 4 is 0 Å². The Morgan fingerprint density at radius 2 is 1.91 bits per heavy atom. The van der Waals surface area contributed by atoms with Gasteiger partial charge < -0.3 is 10.5 Å². The summed E-state index contributed by atoms with van der Waals surface area (Å²) >= 11 is 0. The second-order valence-corrected chi connectivity index (χ2v) is 2.91. The Kier molecular flexibility index (Phi) is 7.96. The first kappa shape index (κ1) is 10.9. The van der Waals surface area contributed by atoms with Gasteiger partial charge in [0.1, 0.15) is 6.23 Å². The van der Waals surface area contributed by atoms with Crippen LogP contribution < -0.4 is 5.73 Å². The molecule has 0 aromatic carbocycles. The van der Waals surface area contributed by atoms with Crippen LogP contribution in [0.5, 0.6) is 0 Å². The maximum atomic E-state index is 5.68. The van der Waals surface area contributed by atoms with Gasteiger partial charge in [0.2, 0.25) is 0 Å². The van der Waals surface area contributed by atoms with Gasteiger partial charge in [-0.3, -0.25) is 0 Å². The molecule has 0 fully saturated rings. The van der Waals surface area contributed by atoms with Gasteiger partial charge in [-0.25, -0.2) is 0 Å². The van der Waals surface area contributed by atoms with Gasteiger partial charge in [-0.1, -0.05) is 26.7 Å². The first-order valence-electron chi connectivity index (χ1n) is 4.68. The van der Waals surface area contributed by atoms with Crippen LogP contribution in [0.15, 0.2) is 0 Å². The molecule has 0 aromatic rings. The first-order valence-corrected chi connectivity index (χ1v) is 4.68. The summed E-state index contributed by atoms with van der Waals surface area (Å²) in [6.45, 7) is 5.09. The SMILES string of the molecule is CCCCCC(N)OCCC. The summed E-state index contributed by atoms with van der Waals surface area (Å²) in [6, 6.07) is 0. The Morgan fingerprint density at radius 1 is 1.18 bits per heavy atom. The van der Waals surface area contributed by atoms with Crippen molar-refractivity contribution < 1.29 is 4.74 Å². The quantitative estimate of drug-likeness (QED) is 0.457. The summed E-state index contributed by atoms with van der Waals surface area (Å²) < 4.78 is 5.32.